The summed E-state index contributed by atoms with van der Waals surface area (Å²) < 4.78 is 0. The van der Waals surface area contributed by atoms with Crippen LogP contribution in [-0.2, 0) is 6.54 Å². The van der Waals surface area contributed by atoms with Crippen LogP contribution in [0.2, 0.25) is 0 Å². The van der Waals surface area contributed by atoms with Gasteiger partial charge in [0, 0.05) is 28.3 Å². The Hall–Kier alpha value is -1.26. The summed E-state index contributed by atoms with van der Waals surface area (Å²) in [6.07, 6.45) is 2.07. The van der Waals surface area contributed by atoms with Crippen molar-refractivity contribution in [2.75, 3.05) is 6.26 Å². The van der Waals surface area contributed by atoms with Gasteiger partial charge in [0.2, 0.25) is 0 Å². The Morgan fingerprint density at radius 3 is 2.56 bits per heavy atom. The van der Waals surface area contributed by atoms with E-state index in [0.29, 0.717) is 6.54 Å². The van der Waals surface area contributed by atoms with Crippen molar-refractivity contribution in [3.05, 3.63) is 35.5 Å². The van der Waals surface area contributed by atoms with Gasteiger partial charge in [0.05, 0.1) is 5.69 Å². The summed E-state index contributed by atoms with van der Waals surface area (Å²) in [5.41, 5.74) is 9.95. The highest BCUT2D eigenvalue weighted by atomic mass is 32.2. The van der Waals surface area contributed by atoms with Crippen molar-refractivity contribution in [2.45, 2.75) is 18.4 Å². The van der Waals surface area contributed by atoms with E-state index in [1.807, 2.05) is 6.92 Å². The van der Waals surface area contributed by atoms with Crippen molar-refractivity contribution >= 4 is 11.8 Å². The highest BCUT2D eigenvalue weighted by Crippen LogP contribution is 2.25. The Morgan fingerprint density at radius 1 is 1.31 bits per heavy atom. The largest absolute Gasteiger partial charge is 0.326 e. The van der Waals surface area contributed by atoms with Crippen molar-refractivity contribution in [3.63, 3.8) is 0 Å². The third kappa shape index (κ3) is 1.99. The van der Waals surface area contributed by atoms with Crippen molar-refractivity contribution < 1.29 is 0 Å². The Morgan fingerprint density at radius 2 is 2.00 bits per heavy atom. The minimum atomic E-state index is 0.516. The Bertz CT molecular complexity index is 474. The molecule has 0 unspecified atom stereocenters. The molecule has 3 N–H and O–H groups in total. The minimum absolute atomic E-state index is 0.516. The molecular weight excluding hydrogens is 218 g/mol. The van der Waals surface area contributed by atoms with Gasteiger partial charge in [0.15, 0.2) is 0 Å². The summed E-state index contributed by atoms with van der Waals surface area (Å²) in [4.78, 5) is 1.25. The Labute approximate surface area is 99.4 Å². The van der Waals surface area contributed by atoms with Crippen molar-refractivity contribution in [3.8, 4) is 11.3 Å². The maximum atomic E-state index is 5.73. The fraction of sp³-hybridized carbons (Fsp3) is 0.250. The second-order valence-corrected chi connectivity index (χ2v) is 4.49. The predicted octanol–water partition coefficient (Wildman–Crippen LogP) is 2.57. The van der Waals surface area contributed by atoms with E-state index in [4.69, 9.17) is 5.73 Å². The van der Waals surface area contributed by atoms with Gasteiger partial charge in [0.25, 0.3) is 0 Å². The summed E-state index contributed by atoms with van der Waals surface area (Å²) in [7, 11) is 0. The molecule has 16 heavy (non-hydrogen) atoms. The standard InChI is InChI=1S/C12H15N3S/c1-8-11(7-13)12(15-14-8)9-3-5-10(16-2)6-4-9/h3-6H,7,13H2,1-2H3,(H,14,15). The summed E-state index contributed by atoms with van der Waals surface area (Å²) in [6, 6.07) is 8.37. The number of aryl methyl sites for hydroxylation is 1. The maximum absolute atomic E-state index is 5.73. The zero-order valence-electron chi connectivity index (χ0n) is 9.45. The van der Waals surface area contributed by atoms with Crippen LogP contribution in [0.1, 0.15) is 11.3 Å². The van der Waals surface area contributed by atoms with Gasteiger partial charge in [0.1, 0.15) is 0 Å². The second-order valence-electron chi connectivity index (χ2n) is 3.61. The predicted molar refractivity (Wildman–Crippen MR) is 68.4 cm³/mol. The molecule has 0 bridgehead atoms. The number of hydrogen-bond acceptors (Lipinski definition) is 3. The molecule has 1 aromatic carbocycles. The monoisotopic (exact) mass is 233 g/mol. The third-order valence-corrected chi connectivity index (χ3v) is 3.39. The van der Waals surface area contributed by atoms with Crippen molar-refractivity contribution in [1.82, 2.24) is 10.2 Å². The fourth-order valence-corrected chi connectivity index (χ4v) is 2.10. The van der Waals surface area contributed by atoms with Gasteiger partial charge in [-0.05, 0) is 25.3 Å². The lowest BCUT2D eigenvalue weighted by molar-refractivity contribution is 1.03. The molecule has 0 spiro atoms. The summed E-state index contributed by atoms with van der Waals surface area (Å²) in [5, 5.41) is 7.28. The molecule has 0 saturated heterocycles. The number of aromatic nitrogens is 2. The smallest absolute Gasteiger partial charge is 0.0968 e. The molecule has 1 heterocycles. The van der Waals surface area contributed by atoms with E-state index in [1.165, 1.54) is 4.90 Å². The van der Waals surface area contributed by atoms with Gasteiger partial charge in [-0.15, -0.1) is 11.8 Å². The number of hydrogen-bond donors (Lipinski definition) is 2. The van der Waals surface area contributed by atoms with Crippen LogP contribution in [0.3, 0.4) is 0 Å². The van der Waals surface area contributed by atoms with Gasteiger partial charge >= 0.3 is 0 Å². The van der Waals surface area contributed by atoms with Crippen LogP contribution in [0.15, 0.2) is 29.2 Å². The average Bonchev–Trinajstić information content (AvgIpc) is 2.70. The van der Waals surface area contributed by atoms with Crippen LogP contribution >= 0.6 is 11.8 Å². The zero-order valence-corrected chi connectivity index (χ0v) is 10.3. The van der Waals surface area contributed by atoms with Gasteiger partial charge in [-0.1, -0.05) is 12.1 Å². The molecule has 1 aromatic heterocycles. The van der Waals surface area contributed by atoms with Gasteiger partial charge in [-0.25, -0.2) is 0 Å². The quantitative estimate of drug-likeness (QED) is 0.801. The third-order valence-electron chi connectivity index (χ3n) is 2.64. The van der Waals surface area contributed by atoms with E-state index >= 15 is 0 Å². The zero-order chi connectivity index (χ0) is 11.5. The van der Waals surface area contributed by atoms with E-state index in [2.05, 4.69) is 40.7 Å². The topological polar surface area (TPSA) is 54.7 Å². The van der Waals surface area contributed by atoms with E-state index in [9.17, 15) is 0 Å². The summed E-state index contributed by atoms with van der Waals surface area (Å²) in [6.45, 7) is 2.51. The average molecular weight is 233 g/mol. The number of rotatable bonds is 3. The Kier molecular flexibility index (Phi) is 3.31. The molecule has 2 aromatic rings. The molecule has 0 amide bonds. The lowest BCUT2D eigenvalue weighted by Crippen LogP contribution is -1.98. The normalized spacial score (nSPS) is 10.7. The molecule has 0 radical (unpaired) electrons. The van der Waals surface area contributed by atoms with Crippen molar-refractivity contribution in [2.24, 2.45) is 5.73 Å². The van der Waals surface area contributed by atoms with E-state index in [0.717, 1.165) is 22.5 Å². The second kappa shape index (κ2) is 4.72. The van der Waals surface area contributed by atoms with Crippen molar-refractivity contribution in [1.29, 1.82) is 0 Å². The maximum Gasteiger partial charge on any atom is 0.0968 e. The Balaban J connectivity index is 2.42. The molecule has 2 rings (SSSR count). The summed E-state index contributed by atoms with van der Waals surface area (Å²) >= 11 is 1.73. The lowest BCUT2D eigenvalue weighted by Gasteiger charge is -2.02. The lowest BCUT2D eigenvalue weighted by atomic mass is 10.1. The first-order valence-corrected chi connectivity index (χ1v) is 6.37. The van der Waals surface area contributed by atoms with Crippen LogP contribution in [0, 0.1) is 6.92 Å². The van der Waals surface area contributed by atoms with Gasteiger partial charge < -0.3 is 5.73 Å². The molecule has 3 nitrogen and oxygen atoms in total. The first kappa shape index (κ1) is 11.2. The number of thioether (sulfide) groups is 1. The van der Waals surface area contributed by atoms with Crippen LogP contribution in [0.5, 0.6) is 0 Å². The molecule has 0 aliphatic rings. The molecule has 0 aliphatic heterocycles. The number of benzene rings is 1. The van der Waals surface area contributed by atoms with E-state index in [1.54, 1.807) is 11.8 Å². The number of aromatic amines is 1. The molecule has 0 aliphatic carbocycles. The van der Waals surface area contributed by atoms with E-state index < -0.39 is 0 Å². The molecule has 0 fully saturated rings. The molecule has 4 heteroatoms. The van der Waals surface area contributed by atoms with Crippen LogP contribution < -0.4 is 5.73 Å². The van der Waals surface area contributed by atoms with Crippen LogP contribution in [0.4, 0.5) is 0 Å². The highest BCUT2D eigenvalue weighted by molar-refractivity contribution is 7.98. The number of nitrogens with zero attached hydrogens (tertiary/aromatic N) is 1. The van der Waals surface area contributed by atoms with E-state index in [-0.39, 0.29) is 0 Å². The number of H-pyrrole nitrogens is 1. The molecule has 0 atom stereocenters. The first-order valence-electron chi connectivity index (χ1n) is 5.14. The van der Waals surface area contributed by atoms with Gasteiger partial charge in [-0.2, -0.15) is 5.10 Å². The minimum Gasteiger partial charge on any atom is -0.326 e. The molecular formula is C12H15N3S. The van der Waals surface area contributed by atoms with Crippen LogP contribution in [-0.4, -0.2) is 16.5 Å². The highest BCUT2D eigenvalue weighted by Gasteiger charge is 2.10. The van der Waals surface area contributed by atoms with Gasteiger partial charge in [-0.3, -0.25) is 5.10 Å². The summed E-state index contributed by atoms with van der Waals surface area (Å²) in [5.74, 6) is 0. The molecule has 0 saturated carbocycles. The molecule has 84 valence electrons. The first-order chi connectivity index (χ1) is 7.76. The fourth-order valence-electron chi connectivity index (χ4n) is 1.69. The number of nitrogens with two attached hydrogens (primary N) is 1. The number of nitrogens with one attached hydrogen (secondary N) is 1. The van der Waals surface area contributed by atoms with Crippen LogP contribution in [0.25, 0.3) is 11.3 Å². The SMILES string of the molecule is CSc1ccc(-c2n[nH]c(C)c2CN)cc1.